The van der Waals surface area contributed by atoms with E-state index in [0.29, 0.717) is 11.6 Å². The second kappa shape index (κ2) is 5.87. The molecular weight excluding hydrogens is 242 g/mol. The highest BCUT2D eigenvalue weighted by molar-refractivity contribution is 6.07. The third-order valence-corrected chi connectivity index (χ3v) is 2.96. The van der Waals surface area contributed by atoms with Gasteiger partial charge < -0.3 is 10.4 Å². The zero-order valence-electron chi connectivity index (χ0n) is 11.9. The fourth-order valence-electron chi connectivity index (χ4n) is 1.58. The lowest BCUT2D eigenvalue weighted by atomic mass is 9.92. The highest BCUT2D eigenvalue weighted by atomic mass is 16.4. The summed E-state index contributed by atoms with van der Waals surface area (Å²) in [5.74, 6) is -1.08. The molecule has 0 saturated heterocycles. The molecule has 4 heteroatoms. The van der Waals surface area contributed by atoms with Gasteiger partial charge in [0.15, 0.2) is 0 Å². The minimum atomic E-state index is -1.43. The Balaban J connectivity index is 2.73. The van der Waals surface area contributed by atoms with Crippen LogP contribution in [0, 0.1) is 11.3 Å². The summed E-state index contributed by atoms with van der Waals surface area (Å²) >= 11 is 0. The van der Waals surface area contributed by atoms with Crippen molar-refractivity contribution >= 4 is 17.6 Å². The predicted molar refractivity (Wildman–Crippen MR) is 75.0 cm³/mol. The molecule has 2 N–H and O–H groups in total. The molecule has 1 amide bonds. The molecule has 104 valence electrons. The third kappa shape index (κ3) is 4.09. The molecule has 1 rings (SSSR count). The first kappa shape index (κ1) is 15.2. The van der Waals surface area contributed by atoms with Gasteiger partial charge in [-0.25, -0.2) is 0 Å². The zero-order valence-corrected chi connectivity index (χ0v) is 11.9. The maximum absolute atomic E-state index is 11.8. The first-order chi connectivity index (χ1) is 8.73. The van der Waals surface area contributed by atoms with Crippen molar-refractivity contribution in [2.45, 2.75) is 34.1 Å². The van der Waals surface area contributed by atoms with Crippen LogP contribution in [-0.2, 0) is 16.0 Å². The molecule has 0 radical (unpaired) electrons. The normalized spacial score (nSPS) is 11.4. The first-order valence-electron chi connectivity index (χ1n) is 6.37. The third-order valence-electron chi connectivity index (χ3n) is 2.96. The van der Waals surface area contributed by atoms with E-state index in [0.717, 1.165) is 6.42 Å². The number of benzene rings is 1. The molecule has 19 heavy (non-hydrogen) atoms. The topological polar surface area (TPSA) is 66.4 Å². The number of carbonyl (C=O) groups is 2. The Hall–Kier alpha value is -1.84. The molecule has 4 nitrogen and oxygen atoms in total. The van der Waals surface area contributed by atoms with E-state index in [2.05, 4.69) is 19.2 Å². The maximum Gasteiger partial charge on any atom is 0.318 e. The average molecular weight is 263 g/mol. The largest absolute Gasteiger partial charge is 0.480 e. The van der Waals surface area contributed by atoms with Crippen LogP contribution in [0.15, 0.2) is 24.3 Å². The fraction of sp³-hybridized carbons (Fsp3) is 0.467. The van der Waals surface area contributed by atoms with Crippen LogP contribution in [0.1, 0.15) is 33.3 Å². The fourth-order valence-corrected chi connectivity index (χ4v) is 1.58. The van der Waals surface area contributed by atoms with Gasteiger partial charge in [0, 0.05) is 5.69 Å². The molecule has 0 aliphatic rings. The Labute approximate surface area is 113 Å². The number of hydrogen-bond donors (Lipinski definition) is 2. The number of rotatable bonds is 5. The number of carboxylic acids is 1. The van der Waals surface area contributed by atoms with Crippen LogP contribution in [0.4, 0.5) is 5.69 Å². The highest BCUT2D eigenvalue weighted by Gasteiger charge is 2.35. The van der Waals surface area contributed by atoms with Gasteiger partial charge in [-0.15, -0.1) is 0 Å². The van der Waals surface area contributed by atoms with Gasteiger partial charge in [-0.3, -0.25) is 9.59 Å². The number of aliphatic carboxylic acids is 1. The van der Waals surface area contributed by atoms with E-state index in [-0.39, 0.29) is 0 Å². The summed E-state index contributed by atoms with van der Waals surface area (Å²) in [6.07, 6.45) is 0.981. The molecule has 0 fully saturated rings. The van der Waals surface area contributed by atoms with Crippen molar-refractivity contribution in [3.8, 4) is 0 Å². The lowest BCUT2D eigenvalue weighted by molar-refractivity contribution is -0.151. The average Bonchev–Trinajstić information content (AvgIpc) is 2.30. The van der Waals surface area contributed by atoms with Crippen LogP contribution in [0.25, 0.3) is 0 Å². The highest BCUT2D eigenvalue weighted by Crippen LogP contribution is 2.19. The van der Waals surface area contributed by atoms with Gasteiger partial charge >= 0.3 is 5.97 Å². The van der Waals surface area contributed by atoms with Crippen LogP contribution in [0.2, 0.25) is 0 Å². The molecule has 0 aromatic heterocycles. The second-order valence-electron chi connectivity index (χ2n) is 5.68. The Morgan fingerprint density at radius 3 is 2.16 bits per heavy atom. The van der Waals surface area contributed by atoms with Crippen molar-refractivity contribution in [1.82, 2.24) is 0 Å². The number of amides is 1. The van der Waals surface area contributed by atoms with Crippen LogP contribution in [-0.4, -0.2) is 17.0 Å². The van der Waals surface area contributed by atoms with Crippen molar-refractivity contribution in [1.29, 1.82) is 0 Å². The van der Waals surface area contributed by atoms with E-state index in [1.807, 2.05) is 12.1 Å². The summed E-state index contributed by atoms with van der Waals surface area (Å²) in [7, 11) is 0. The number of anilines is 1. The minimum absolute atomic E-state index is 0.517. The van der Waals surface area contributed by atoms with Crippen molar-refractivity contribution in [2.75, 3.05) is 5.32 Å². The Morgan fingerprint density at radius 1 is 1.21 bits per heavy atom. The molecule has 1 aromatic rings. The molecule has 0 unspecified atom stereocenters. The zero-order chi connectivity index (χ0) is 14.6. The standard InChI is InChI=1S/C15H21NO3/c1-10(2)9-11-5-7-12(8-6-11)16-13(17)15(3,4)14(18)19/h5-8,10H,9H2,1-4H3,(H,16,17)(H,18,19). The van der Waals surface area contributed by atoms with Crippen LogP contribution in [0.3, 0.4) is 0 Å². The number of nitrogens with one attached hydrogen (secondary N) is 1. The molecule has 0 spiro atoms. The molecule has 0 atom stereocenters. The molecule has 0 bridgehead atoms. The number of hydrogen-bond acceptors (Lipinski definition) is 2. The molecular formula is C15H21NO3. The lowest BCUT2D eigenvalue weighted by Crippen LogP contribution is -2.37. The molecule has 0 heterocycles. The van der Waals surface area contributed by atoms with Crippen molar-refractivity contribution in [2.24, 2.45) is 11.3 Å². The summed E-state index contributed by atoms with van der Waals surface area (Å²) < 4.78 is 0. The van der Waals surface area contributed by atoms with E-state index in [1.165, 1.54) is 19.4 Å². The monoisotopic (exact) mass is 263 g/mol. The van der Waals surface area contributed by atoms with Gasteiger partial charge in [0.05, 0.1) is 0 Å². The van der Waals surface area contributed by atoms with Crippen LogP contribution < -0.4 is 5.32 Å². The van der Waals surface area contributed by atoms with E-state index in [9.17, 15) is 9.59 Å². The van der Waals surface area contributed by atoms with Gasteiger partial charge in [0.1, 0.15) is 5.41 Å². The van der Waals surface area contributed by atoms with E-state index in [1.54, 1.807) is 12.1 Å². The van der Waals surface area contributed by atoms with Crippen molar-refractivity contribution in [3.05, 3.63) is 29.8 Å². The first-order valence-corrected chi connectivity index (χ1v) is 6.37. The van der Waals surface area contributed by atoms with E-state index < -0.39 is 17.3 Å². The quantitative estimate of drug-likeness (QED) is 0.803. The van der Waals surface area contributed by atoms with Gasteiger partial charge in [0.2, 0.25) is 5.91 Å². The summed E-state index contributed by atoms with van der Waals surface area (Å²) in [5, 5.41) is 11.6. The lowest BCUT2D eigenvalue weighted by Gasteiger charge is -2.18. The second-order valence-corrected chi connectivity index (χ2v) is 5.68. The predicted octanol–water partition coefficient (Wildman–Crippen LogP) is 2.93. The molecule has 0 saturated carbocycles. The van der Waals surface area contributed by atoms with Gasteiger partial charge in [-0.05, 0) is 43.9 Å². The van der Waals surface area contributed by atoms with Crippen LogP contribution >= 0.6 is 0 Å². The van der Waals surface area contributed by atoms with Gasteiger partial charge in [0.25, 0.3) is 0 Å². The Kier molecular flexibility index (Phi) is 4.70. The molecule has 0 aliphatic heterocycles. The summed E-state index contributed by atoms with van der Waals surface area (Å²) in [6.45, 7) is 7.06. The van der Waals surface area contributed by atoms with Gasteiger partial charge in [-0.2, -0.15) is 0 Å². The van der Waals surface area contributed by atoms with Crippen molar-refractivity contribution < 1.29 is 14.7 Å². The molecule has 0 aliphatic carbocycles. The number of carbonyl (C=O) groups excluding carboxylic acids is 1. The van der Waals surface area contributed by atoms with Gasteiger partial charge in [-0.1, -0.05) is 26.0 Å². The Bertz CT molecular complexity index is 461. The smallest absolute Gasteiger partial charge is 0.318 e. The van der Waals surface area contributed by atoms with Crippen LogP contribution in [0.5, 0.6) is 0 Å². The summed E-state index contributed by atoms with van der Waals surface area (Å²) in [6, 6.07) is 7.49. The maximum atomic E-state index is 11.8. The SMILES string of the molecule is CC(C)Cc1ccc(NC(=O)C(C)(C)C(=O)O)cc1. The Morgan fingerprint density at radius 2 is 1.74 bits per heavy atom. The summed E-state index contributed by atoms with van der Waals surface area (Å²) in [4.78, 5) is 22.8. The van der Waals surface area contributed by atoms with Crippen molar-refractivity contribution in [3.63, 3.8) is 0 Å². The molecule has 1 aromatic carbocycles. The van der Waals surface area contributed by atoms with E-state index >= 15 is 0 Å². The minimum Gasteiger partial charge on any atom is -0.480 e. The summed E-state index contributed by atoms with van der Waals surface area (Å²) in [5.41, 5.74) is 0.383. The number of carboxylic acid groups (broad SMARTS) is 1. The van der Waals surface area contributed by atoms with E-state index in [4.69, 9.17) is 5.11 Å².